The molecule has 3 fully saturated rings. The van der Waals surface area contributed by atoms with Crippen LogP contribution in [0.25, 0.3) is 0 Å². The molecule has 1 aromatic heterocycles. The molecule has 1 aromatic carbocycles. The first-order valence-corrected chi connectivity index (χ1v) is 12.5. The van der Waals surface area contributed by atoms with Crippen molar-refractivity contribution in [2.45, 2.75) is 50.5 Å². The number of anilines is 2. The lowest BCUT2D eigenvalue weighted by molar-refractivity contribution is -0.141. The van der Waals surface area contributed by atoms with Gasteiger partial charge in [0.25, 0.3) is 0 Å². The van der Waals surface area contributed by atoms with Crippen molar-refractivity contribution in [3.8, 4) is 0 Å². The molecule has 0 bridgehead atoms. The number of piperidine rings is 1. The number of carbonyl (C=O) groups is 1. The minimum Gasteiger partial charge on any atom is -0.381 e. The summed E-state index contributed by atoms with van der Waals surface area (Å²) >= 11 is 0. The van der Waals surface area contributed by atoms with Crippen LogP contribution in [0, 0.1) is 0 Å². The highest BCUT2D eigenvalue weighted by atomic mass is 16.5. The van der Waals surface area contributed by atoms with Gasteiger partial charge in [0, 0.05) is 52.0 Å². The second-order valence-electron chi connectivity index (χ2n) is 9.63. The second-order valence-corrected chi connectivity index (χ2v) is 9.63. The maximum atomic E-state index is 13.8. The summed E-state index contributed by atoms with van der Waals surface area (Å²) < 4.78 is 5.62. The first-order valence-electron chi connectivity index (χ1n) is 12.5. The van der Waals surface area contributed by atoms with E-state index in [2.05, 4.69) is 51.2 Å². The molecule has 3 aliphatic heterocycles. The van der Waals surface area contributed by atoms with Crippen molar-refractivity contribution >= 4 is 17.5 Å². The molecule has 0 N–H and O–H groups in total. The number of aromatic nitrogens is 2. The van der Waals surface area contributed by atoms with E-state index in [4.69, 9.17) is 4.74 Å². The van der Waals surface area contributed by atoms with E-state index < -0.39 is 5.41 Å². The van der Waals surface area contributed by atoms with Crippen LogP contribution in [-0.4, -0.2) is 73.0 Å². The lowest BCUT2D eigenvalue weighted by Crippen LogP contribution is -2.56. The number of benzene rings is 1. The van der Waals surface area contributed by atoms with Crippen LogP contribution in [0.3, 0.4) is 0 Å². The van der Waals surface area contributed by atoms with E-state index in [1.54, 1.807) is 0 Å². The molecule has 0 aliphatic carbocycles. The number of amides is 1. The number of ether oxygens (including phenoxy) is 1. The molecule has 0 saturated carbocycles. The molecule has 33 heavy (non-hydrogen) atoms. The Hall–Kier alpha value is -2.67. The van der Waals surface area contributed by atoms with Crippen molar-refractivity contribution in [3.63, 3.8) is 0 Å². The fourth-order valence-electron chi connectivity index (χ4n) is 5.62. The van der Waals surface area contributed by atoms with E-state index in [1.165, 1.54) is 19.3 Å². The summed E-state index contributed by atoms with van der Waals surface area (Å²) in [6.45, 7) is 7.58. The van der Waals surface area contributed by atoms with Gasteiger partial charge in [0.05, 0.1) is 5.41 Å². The summed E-state index contributed by atoms with van der Waals surface area (Å²) in [5.74, 6) is 2.13. The predicted molar refractivity (Wildman–Crippen MR) is 130 cm³/mol. The molecule has 2 aromatic rings. The molecule has 4 heterocycles. The Balaban J connectivity index is 1.24. The SMILES string of the molecule is CC1CCCCN1c1ccc(N2CCN(C(=O)C3(c4ccccc4)CCOCC3)CC2)nn1. The number of hydrogen-bond donors (Lipinski definition) is 0. The number of piperazine rings is 1. The Labute approximate surface area is 196 Å². The van der Waals surface area contributed by atoms with Gasteiger partial charge in [-0.25, -0.2) is 0 Å². The normalized spacial score (nSPS) is 23.4. The molecule has 7 nitrogen and oxygen atoms in total. The summed E-state index contributed by atoms with van der Waals surface area (Å²) in [5, 5.41) is 9.09. The van der Waals surface area contributed by atoms with Gasteiger partial charge in [-0.05, 0) is 56.7 Å². The van der Waals surface area contributed by atoms with Crippen LogP contribution >= 0.6 is 0 Å². The van der Waals surface area contributed by atoms with Gasteiger partial charge in [-0.15, -0.1) is 10.2 Å². The van der Waals surface area contributed by atoms with E-state index in [1.807, 2.05) is 23.1 Å². The average Bonchev–Trinajstić information content (AvgIpc) is 2.90. The van der Waals surface area contributed by atoms with Gasteiger partial charge in [0.1, 0.15) is 0 Å². The molecule has 3 saturated heterocycles. The summed E-state index contributed by atoms with van der Waals surface area (Å²) in [6, 6.07) is 15.0. The third-order valence-corrected chi connectivity index (χ3v) is 7.71. The lowest BCUT2D eigenvalue weighted by Gasteiger charge is -2.43. The minimum atomic E-state index is -0.464. The quantitative estimate of drug-likeness (QED) is 0.714. The molecule has 0 radical (unpaired) electrons. The number of hydrogen-bond acceptors (Lipinski definition) is 6. The van der Waals surface area contributed by atoms with Crippen LogP contribution in [0.4, 0.5) is 11.6 Å². The van der Waals surface area contributed by atoms with Crippen LogP contribution in [0.5, 0.6) is 0 Å². The van der Waals surface area contributed by atoms with Crippen LogP contribution in [-0.2, 0) is 14.9 Å². The minimum absolute atomic E-state index is 0.247. The van der Waals surface area contributed by atoms with Crippen LogP contribution in [0.15, 0.2) is 42.5 Å². The van der Waals surface area contributed by atoms with Gasteiger partial charge in [-0.2, -0.15) is 0 Å². The highest BCUT2D eigenvalue weighted by Gasteiger charge is 2.44. The zero-order chi connectivity index (χ0) is 22.7. The number of nitrogens with zero attached hydrogens (tertiary/aromatic N) is 5. The first kappa shape index (κ1) is 22.1. The molecule has 1 atom stereocenters. The second kappa shape index (κ2) is 9.67. The maximum Gasteiger partial charge on any atom is 0.233 e. The van der Waals surface area contributed by atoms with Gasteiger partial charge in [-0.1, -0.05) is 30.3 Å². The molecule has 0 spiro atoms. The van der Waals surface area contributed by atoms with Crippen LogP contribution < -0.4 is 9.80 Å². The van der Waals surface area contributed by atoms with E-state index in [0.717, 1.165) is 49.7 Å². The van der Waals surface area contributed by atoms with E-state index in [0.29, 0.717) is 32.3 Å². The molecule has 176 valence electrons. The van der Waals surface area contributed by atoms with Crippen molar-refractivity contribution < 1.29 is 9.53 Å². The smallest absolute Gasteiger partial charge is 0.233 e. The van der Waals surface area contributed by atoms with E-state index in [9.17, 15) is 4.79 Å². The molecule has 1 unspecified atom stereocenters. The Bertz CT molecular complexity index is 921. The summed E-state index contributed by atoms with van der Waals surface area (Å²) in [5.41, 5.74) is 0.656. The van der Waals surface area contributed by atoms with Crippen molar-refractivity contribution in [2.24, 2.45) is 0 Å². The highest BCUT2D eigenvalue weighted by molar-refractivity contribution is 5.88. The number of carbonyl (C=O) groups excluding carboxylic acids is 1. The third kappa shape index (κ3) is 4.43. The Kier molecular flexibility index (Phi) is 6.49. The standard InChI is InChI=1S/C26H35N5O2/c1-21-7-5-6-14-31(21)24-11-10-23(27-28-24)29-15-17-30(18-16-29)25(32)26(12-19-33-20-13-26)22-8-3-2-4-9-22/h2-4,8-11,21H,5-7,12-20H2,1H3. The monoisotopic (exact) mass is 449 g/mol. The maximum absolute atomic E-state index is 13.8. The molecular weight excluding hydrogens is 414 g/mol. The summed E-state index contributed by atoms with van der Waals surface area (Å²) in [7, 11) is 0. The topological polar surface area (TPSA) is 61.8 Å². The third-order valence-electron chi connectivity index (χ3n) is 7.71. The fourth-order valence-corrected chi connectivity index (χ4v) is 5.62. The van der Waals surface area contributed by atoms with Crippen molar-refractivity contribution in [3.05, 3.63) is 48.0 Å². The molecule has 3 aliphatic rings. The Morgan fingerprint density at radius 2 is 1.61 bits per heavy atom. The van der Waals surface area contributed by atoms with Crippen molar-refractivity contribution in [2.75, 3.05) is 55.7 Å². The van der Waals surface area contributed by atoms with Gasteiger partial charge < -0.3 is 19.4 Å². The van der Waals surface area contributed by atoms with Crippen molar-refractivity contribution in [1.29, 1.82) is 0 Å². The molecule has 7 heteroatoms. The summed E-state index contributed by atoms with van der Waals surface area (Å²) in [4.78, 5) is 20.5. The average molecular weight is 450 g/mol. The van der Waals surface area contributed by atoms with E-state index in [-0.39, 0.29) is 5.91 Å². The summed E-state index contributed by atoms with van der Waals surface area (Å²) in [6.07, 6.45) is 5.23. The first-order chi connectivity index (χ1) is 16.2. The van der Waals surface area contributed by atoms with Crippen LogP contribution in [0.2, 0.25) is 0 Å². The highest BCUT2D eigenvalue weighted by Crippen LogP contribution is 2.37. The fraction of sp³-hybridized carbons (Fsp3) is 0.577. The molecule has 5 rings (SSSR count). The predicted octanol–water partition coefficient (Wildman–Crippen LogP) is 3.25. The zero-order valence-electron chi connectivity index (χ0n) is 19.7. The molecule has 1 amide bonds. The van der Waals surface area contributed by atoms with Gasteiger partial charge in [0.2, 0.25) is 5.91 Å². The zero-order valence-corrected chi connectivity index (χ0v) is 19.7. The molecular formula is C26H35N5O2. The van der Waals surface area contributed by atoms with Gasteiger partial charge in [0.15, 0.2) is 11.6 Å². The van der Waals surface area contributed by atoms with Gasteiger partial charge >= 0.3 is 0 Å². The van der Waals surface area contributed by atoms with E-state index >= 15 is 0 Å². The van der Waals surface area contributed by atoms with Crippen LogP contribution in [0.1, 0.15) is 44.6 Å². The van der Waals surface area contributed by atoms with Crippen molar-refractivity contribution in [1.82, 2.24) is 15.1 Å². The van der Waals surface area contributed by atoms with Gasteiger partial charge in [-0.3, -0.25) is 4.79 Å². The Morgan fingerprint density at radius 3 is 2.27 bits per heavy atom. The largest absolute Gasteiger partial charge is 0.381 e. The number of rotatable bonds is 4. The Morgan fingerprint density at radius 1 is 0.909 bits per heavy atom. The lowest BCUT2D eigenvalue weighted by atomic mass is 9.73.